The monoisotopic (exact) mass is 370 g/mol. The molecule has 140 valence electrons. The molecule has 2 N–H and O–H groups in total. The second-order valence-corrected chi connectivity index (χ2v) is 7.00. The fourth-order valence-electron chi connectivity index (χ4n) is 3.58. The Morgan fingerprint density at radius 2 is 1.50 bits per heavy atom. The Kier molecular flexibility index (Phi) is 5.20. The molecule has 2 amide bonds. The van der Waals surface area contributed by atoms with E-state index < -0.39 is 0 Å². The highest BCUT2D eigenvalue weighted by Crippen LogP contribution is 2.25. The van der Waals surface area contributed by atoms with Gasteiger partial charge in [-0.1, -0.05) is 60.7 Å². The third-order valence-corrected chi connectivity index (χ3v) is 5.03. The minimum atomic E-state index is -0.228. The van der Waals surface area contributed by atoms with Gasteiger partial charge in [-0.2, -0.15) is 0 Å². The van der Waals surface area contributed by atoms with Crippen molar-refractivity contribution in [3.8, 4) is 0 Å². The standard InChI is InChI=1S/C24H22N2O2/c27-22-13-7-12-19-16-20(14-15-21(19)25-22)24(28)26-23(17-8-3-1-4-9-17)18-10-5-2-6-11-18/h1-6,8-11,14-16,23H,7,12-13H2,(H,25,27)(H,26,28). The topological polar surface area (TPSA) is 58.2 Å². The van der Waals surface area contributed by atoms with Crippen molar-refractivity contribution >= 4 is 17.5 Å². The Balaban J connectivity index is 1.62. The first kappa shape index (κ1) is 18.0. The molecule has 0 bridgehead atoms. The van der Waals surface area contributed by atoms with Gasteiger partial charge >= 0.3 is 0 Å². The summed E-state index contributed by atoms with van der Waals surface area (Å²) < 4.78 is 0. The van der Waals surface area contributed by atoms with Gasteiger partial charge in [-0.05, 0) is 47.7 Å². The molecule has 4 nitrogen and oxygen atoms in total. The number of rotatable bonds is 4. The molecule has 0 saturated heterocycles. The molecule has 4 heteroatoms. The molecular weight excluding hydrogens is 348 g/mol. The van der Waals surface area contributed by atoms with Crippen molar-refractivity contribution in [3.63, 3.8) is 0 Å². The molecular formula is C24H22N2O2. The van der Waals surface area contributed by atoms with E-state index in [4.69, 9.17) is 0 Å². The second-order valence-electron chi connectivity index (χ2n) is 7.00. The first-order chi connectivity index (χ1) is 13.7. The SMILES string of the molecule is O=C1CCCc2cc(C(=O)NC(c3ccccc3)c3ccccc3)ccc2N1. The molecule has 0 atom stereocenters. The number of benzene rings is 3. The van der Waals surface area contributed by atoms with Crippen LogP contribution in [0.5, 0.6) is 0 Å². The second kappa shape index (κ2) is 8.09. The average Bonchev–Trinajstić information content (AvgIpc) is 2.93. The molecule has 1 heterocycles. The van der Waals surface area contributed by atoms with E-state index in [9.17, 15) is 9.59 Å². The van der Waals surface area contributed by atoms with Crippen LogP contribution in [0.15, 0.2) is 78.9 Å². The summed E-state index contributed by atoms with van der Waals surface area (Å²) >= 11 is 0. The molecule has 3 aromatic carbocycles. The van der Waals surface area contributed by atoms with Crippen molar-refractivity contribution in [2.45, 2.75) is 25.3 Å². The minimum Gasteiger partial charge on any atom is -0.341 e. The molecule has 3 aromatic rings. The third-order valence-electron chi connectivity index (χ3n) is 5.03. The van der Waals surface area contributed by atoms with Crippen LogP contribution in [0.1, 0.15) is 45.9 Å². The van der Waals surface area contributed by atoms with Gasteiger partial charge in [0.2, 0.25) is 5.91 Å². The van der Waals surface area contributed by atoms with E-state index in [1.807, 2.05) is 72.8 Å². The first-order valence-corrected chi connectivity index (χ1v) is 9.54. The van der Waals surface area contributed by atoms with Crippen LogP contribution in [0.4, 0.5) is 5.69 Å². The Labute approximate surface area is 164 Å². The maximum atomic E-state index is 13.0. The lowest BCUT2D eigenvalue weighted by atomic mass is 9.98. The van der Waals surface area contributed by atoms with E-state index in [0.29, 0.717) is 12.0 Å². The molecule has 0 unspecified atom stereocenters. The lowest BCUT2D eigenvalue weighted by molar-refractivity contribution is -0.116. The molecule has 0 aromatic heterocycles. The fraction of sp³-hybridized carbons (Fsp3) is 0.167. The first-order valence-electron chi connectivity index (χ1n) is 9.54. The van der Waals surface area contributed by atoms with Crippen LogP contribution in [0, 0.1) is 0 Å². The number of fused-ring (bicyclic) bond motifs is 1. The fourth-order valence-corrected chi connectivity index (χ4v) is 3.58. The van der Waals surface area contributed by atoms with Gasteiger partial charge in [0.1, 0.15) is 0 Å². The quantitative estimate of drug-likeness (QED) is 0.711. The third kappa shape index (κ3) is 3.96. The van der Waals surface area contributed by atoms with Crippen molar-refractivity contribution in [1.29, 1.82) is 0 Å². The number of carbonyl (C=O) groups excluding carboxylic acids is 2. The van der Waals surface area contributed by atoms with Crippen molar-refractivity contribution < 1.29 is 9.59 Å². The van der Waals surface area contributed by atoms with E-state index in [-0.39, 0.29) is 17.9 Å². The van der Waals surface area contributed by atoms with Gasteiger partial charge in [0.25, 0.3) is 5.91 Å². The Bertz CT molecular complexity index is 945. The molecule has 0 spiro atoms. The molecule has 1 aliphatic rings. The summed E-state index contributed by atoms with van der Waals surface area (Å²) in [6.45, 7) is 0. The number of anilines is 1. The van der Waals surface area contributed by atoms with Gasteiger partial charge in [0.15, 0.2) is 0 Å². The summed E-state index contributed by atoms with van der Waals surface area (Å²) in [6.07, 6.45) is 2.09. The summed E-state index contributed by atoms with van der Waals surface area (Å²) in [5.41, 5.74) is 4.48. The highest BCUT2D eigenvalue weighted by Gasteiger charge is 2.19. The maximum absolute atomic E-state index is 13.0. The predicted molar refractivity (Wildman–Crippen MR) is 110 cm³/mol. The smallest absolute Gasteiger partial charge is 0.252 e. The van der Waals surface area contributed by atoms with Gasteiger partial charge in [-0.15, -0.1) is 0 Å². The number of nitrogens with one attached hydrogen (secondary N) is 2. The zero-order valence-electron chi connectivity index (χ0n) is 15.5. The molecule has 28 heavy (non-hydrogen) atoms. The summed E-state index contributed by atoms with van der Waals surface area (Å²) in [4.78, 5) is 24.8. The Morgan fingerprint density at radius 1 is 0.857 bits per heavy atom. The summed E-state index contributed by atoms with van der Waals surface area (Å²) in [5, 5.41) is 6.08. The van der Waals surface area contributed by atoms with E-state index >= 15 is 0 Å². The van der Waals surface area contributed by atoms with Gasteiger partial charge in [0.05, 0.1) is 6.04 Å². The number of carbonyl (C=O) groups is 2. The number of amides is 2. The van der Waals surface area contributed by atoms with Crippen molar-refractivity contribution in [1.82, 2.24) is 5.32 Å². The predicted octanol–water partition coefficient (Wildman–Crippen LogP) is 4.48. The zero-order valence-corrected chi connectivity index (χ0v) is 15.5. The van der Waals surface area contributed by atoms with Crippen LogP contribution < -0.4 is 10.6 Å². The van der Waals surface area contributed by atoms with E-state index in [2.05, 4.69) is 10.6 Å². The van der Waals surface area contributed by atoms with E-state index in [0.717, 1.165) is 35.2 Å². The highest BCUT2D eigenvalue weighted by atomic mass is 16.2. The lowest BCUT2D eigenvalue weighted by Crippen LogP contribution is -2.29. The maximum Gasteiger partial charge on any atom is 0.252 e. The van der Waals surface area contributed by atoms with Crippen LogP contribution in [0.2, 0.25) is 0 Å². The number of hydrogen-bond acceptors (Lipinski definition) is 2. The molecule has 1 aliphatic heterocycles. The van der Waals surface area contributed by atoms with Crippen LogP contribution in [0.3, 0.4) is 0 Å². The Hall–Kier alpha value is -3.40. The molecule has 0 aliphatic carbocycles. The number of aryl methyl sites for hydroxylation is 1. The largest absolute Gasteiger partial charge is 0.341 e. The van der Waals surface area contributed by atoms with Crippen molar-refractivity contribution in [2.24, 2.45) is 0 Å². The van der Waals surface area contributed by atoms with Crippen LogP contribution in [-0.4, -0.2) is 11.8 Å². The van der Waals surface area contributed by atoms with Gasteiger partial charge in [0, 0.05) is 17.7 Å². The molecule has 0 saturated carbocycles. The van der Waals surface area contributed by atoms with Crippen LogP contribution >= 0.6 is 0 Å². The summed E-state index contributed by atoms with van der Waals surface area (Å²) in [6, 6.07) is 25.2. The van der Waals surface area contributed by atoms with Gasteiger partial charge in [-0.3, -0.25) is 9.59 Å². The molecule has 0 fully saturated rings. The molecule has 4 rings (SSSR count). The average molecular weight is 370 g/mol. The van der Waals surface area contributed by atoms with Crippen LogP contribution in [-0.2, 0) is 11.2 Å². The van der Waals surface area contributed by atoms with Gasteiger partial charge in [-0.25, -0.2) is 0 Å². The summed E-state index contributed by atoms with van der Waals surface area (Å²) in [7, 11) is 0. The molecule has 0 radical (unpaired) electrons. The van der Waals surface area contributed by atoms with Gasteiger partial charge < -0.3 is 10.6 Å². The Morgan fingerprint density at radius 3 is 2.14 bits per heavy atom. The van der Waals surface area contributed by atoms with Crippen molar-refractivity contribution in [2.75, 3.05) is 5.32 Å². The highest BCUT2D eigenvalue weighted by molar-refractivity contribution is 5.97. The van der Waals surface area contributed by atoms with Crippen LogP contribution in [0.25, 0.3) is 0 Å². The summed E-state index contributed by atoms with van der Waals surface area (Å²) in [5.74, 6) is -0.0970. The van der Waals surface area contributed by atoms with Crippen molar-refractivity contribution in [3.05, 3.63) is 101 Å². The minimum absolute atomic E-state index is 0.0316. The number of hydrogen-bond donors (Lipinski definition) is 2. The lowest BCUT2D eigenvalue weighted by Gasteiger charge is -2.20. The zero-order chi connectivity index (χ0) is 19.3. The van der Waals surface area contributed by atoms with E-state index in [1.165, 1.54) is 0 Å². The normalized spacial score (nSPS) is 13.4. The van der Waals surface area contributed by atoms with E-state index in [1.54, 1.807) is 6.07 Å².